The van der Waals surface area contributed by atoms with Crippen molar-refractivity contribution in [1.82, 2.24) is 4.57 Å². The summed E-state index contributed by atoms with van der Waals surface area (Å²) in [6, 6.07) is 12.6. The molecule has 1 heterocycles. The third kappa shape index (κ3) is 5.92. The fourth-order valence-electron chi connectivity index (χ4n) is 3.92. The van der Waals surface area contributed by atoms with Crippen LogP contribution in [0.15, 0.2) is 65.6 Å². The predicted octanol–water partition coefficient (Wildman–Crippen LogP) is 5.30. The maximum atomic E-state index is 13.7. The molecule has 8 nitrogen and oxygen atoms in total. The lowest BCUT2D eigenvalue weighted by atomic mass is 10.1. The lowest BCUT2D eigenvalue weighted by Crippen LogP contribution is -2.24. The summed E-state index contributed by atoms with van der Waals surface area (Å²) >= 11 is 0. The Labute approximate surface area is 217 Å². The first-order chi connectivity index (χ1) is 18.3. The lowest BCUT2D eigenvalue weighted by molar-refractivity contribution is 0.0512. The van der Waals surface area contributed by atoms with Gasteiger partial charge in [0.25, 0.3) is 5.91 Å². The molecule has 0 bridgehead atoms. The smallest absolute Gasteiger partial charge is 0.261 e. The number of carbonyl (C=O) groups excluding carboxylic acids is 1. The van der Waals surface area contributed by atoms with E-state index in [2.05, 4.69) is 5.32 Å². The number of fused-ring (bicyclic) bond motifs is 1. The first-order valence-electron chi connectivity index (χ1n) is 11.8. The maximum absolute atomic E-state index is 13.7. The molecule has 1 aromatic heterocycles. The van der Waals surface area contributed by atoms with Gasteiger partial charge in [0.15, 0.2) is 6.79 Å². The molecule has 3 aromatic carbocycles. The van der Waals surface area contributed by atoms with Crippen molar-refractivity contribution in [1.29, 1.82) is 0 Å². The molecule has 10 heteroatoms. The number of benzene rings is 3. The molecule has 4 rings (SSSR count). The van der Waals surface area contributed by atoms with E-state index >= 15 is 0 Å². The largest absolute Gasteiger partial charge is 0.494 e. The predicted molar refractivity (Wildman–Crippen MR) is 139 cm³/mol. The number of pyridine rings is 1. The van der Waals surface area contributed by atoms with E-state index in [0.29, 0.717) is 47.7 Å². The van der Waals surface area contributed by atoms with Gasteiger partial charge in [-0.1, -0.05) is 0 Å². The van der Waals surface area contributed by atoms with Crippen LogP contribution in [0, 0.1) is 11.6 Å². The van der Waals surface area contributed by atoms with Crippen molar-refractivity contribution in [3.63, 3.8) is 0 Å². The Hall–Kier alpha value is -4.44. The van der Waals surface area contributed by atoms with Crippen LogP contribution in [-0.2, 0) is 4.74 Å². The summed E-state index contributed by atoms with van der Waals surface area (Å²) in [6.45, 7) is 4.51. The van der Waals surface area contributed by atoms with E-state index in [1.165, 1.54) is 19.4 Å². The van der Waals surface area contributed by atoms with E-state index in [-0.39, 0.29) is 23.4 Å². The topological polar surface area (TPSA) is 88.0 Å². The summed E-state index contributed by atoms with van der Waals surface area (Å²) in [5, 5.41) is 2.62. The molecule has 4 aromatic rings. The summed E-state index contributed by atoms with van der Waals surface area (Å²) in [7, 11) is 1.49. The van der Waals surface area contributed by atoms with E-state index in [4.69, 9.17) is 18.9 Å². The average molecular weight is 525 g/mol. The minimum absolute atomic E-state index is 0.00522. The average Bonchev–Trinajstić information content (AvgIpc) is 2.87. The number of carbonyl (C=O) groups is 1. The van der Waals surface area contributed by atoms with Crippen molar-refractivity contribution < 1.29 is 32.5 Å². The normalized spacial score (nSPS) is 10.9. The van der Waals surface area contributed by atoms with Gasteiger partial charge in [0, 0.05) is 54.7 Å². The van der Waals surface area contributed by atoms with Gasteiger partial charge in [-0.25, -0.2) is 8.78 Å². The number of hydrogen-bond donors (Lipinski definition) is 1. The van der Waals surface area contributed by atoms with Gasteiger partial charge in [-0.15, -0.1) is 0 Å². The summed E-state index contributed by atoms with van der Waals surface area (Å²) in [4.78, 5) is 26.6. The number of hydrogen-bond acceptors (Lipinski definition) is 6. The number of aromatic nitrogens is 1. The highest BCUT2D eigenvalue weighted by molar-refractivity contribution is 6.06. The Morgan fingerprint density at radius 1 is 0.868 bits per heavy atom. The molecule has 0 aliphatic heterocycles. The molecule has 0 saturated carbocycles. The molecule has 1 amide bonds. The van der Waals surface area contributed by atoms with E-state index in [9.17, 15) is 18.4 Å². The minimum atomic E-state index is -0.865. The fourth-order valence-corrected chi connectivity index (χ4v) is 3.92. The number of halogens is 2. The van der Waals surface area contributed by atoms with Crippen LogP contribution in [0.5, 0.6) is 17.2 Å². The van der Waals surface area contributed by atoms with Crippen molar-refractivity contribution in [2.24, 2.45) is 0 Å². The number of nitrogens with one attached hydrogen (secondary N) is 1. The molecular weight excluding hydrogens is 498 g/mol. The second-order valence-corrected chi connectivity index (χ2v) is 8.11. The van der Waals surface area contributed by atoms with Crippen molar-refractivity contribution in [2.45, 2.75) is 13.8 Å². The Morgan fingerprint density at radius 2 is 1.53 bits per heavy atom. The Morgan fingerprint density at radius 3 is 2.13 bits per heavy atom. The van der Waals surface area contributed by atoms with Gasteiger partial charge >= 0.3 is 0 Å². The number of methoxy groups -OCH3 is 1. The summed E-state index contributed by atoms with van der Waals surface area (Å²) in [6.07, 6.45) is 1.36. The molecule has 38 heavy (non-hydrogen) atoms. The monoisotopic (exact) mass is 524 g/mol. The SMILES string of the molecule is CCOc1cc(OCC)cc(-n2cc(C(=O)Nc3cc(F)cc(F)c3)c(=O)c3ccc(OCOC)cc32)c1. The molecular formula is C28H26F2N2O6. The summed E-state index contributed by atoms with van der Waals surface area (Å²) in [5.74, 6) is -1.08. The molecule has 1 N–H and O–H groups in total. The number of rotatable bonds is 10. The van der Waals surface area contributed by atoms with Gasteiger partial charge in [0.1, 0.15) is 34.4 Å². The third-order valence-corrected chi connectivity index (χ3v) is 5.45. The Kier molecular flexibility index (Phi) is 8.22. The molecule has 0 atom stereocenters. The van der Waals surface area contributed by atoms with Gasteiger partial charge in [-0.3, -0.25) is 9.59 Å². The van der Waals surface area contributed by atoms with Crippen LogP contribution in [0.25, 0.3) is 16.6 Å². The highest BCUT2D eigenvalue weighted by Gasteiger charge is 2.19. The zero-order valence-corrected chi connectivity index (χ0v) is 21.0. The van der Waals surface area contributed by atoms with E-state index in [1.807, 2.05) is 13.8 Å². The molecule has 0 unspecified atom stereocenters. The van der Waals surface area contributed by atoms with Crippen LogP contribution in [0.4, 0.5) is 14.5 Å². The molecule has 0 spiro atoms. The number of anilines is 1. The van der Waals surface area contributed by atoms with Crippen molar-refractivity contribution in [3.8, 4) is 22.9 Å². The summed E-state index contributed by atoms with van der Waals surface area (Å²) in [5.41, 5.74) is 0.0356. The first-order valence-corrected chi connectivity index (χ1v) is 11.8. The standard InChI is InChI=1S/C28H26F2N2O6/c1-4-36-22-11-20(12-23(13-22)37-5-2)32-15-25(28(34)31-19-9-17(29)8-18(30)10-19)27(33)24-7-6-21(14-26(24)32)38-16-35-3/h6-15H,4-5,16H2,1-3H3,(H,31,34). The molecule has 198 valence electrons. The van der Waals surface area contributed by atoms with Gasteiger partial charge < -0.3 is 28.8 Å². The molecule has 0 radical (unpaired) electrons. The number of nitrogens with zero attached hydrogens (tertiary/aromatic N) is 1. The lowest BCUT2D eigenvalue weighted by Gasteiger charge is -2.17. The van der Waals surface area contributed by atoms with Gasteiger partial charge in [-0.2, -0.15) is 0 Å². The van der Waals surface area contributed by atoms with Crippen LogP contribution in [-0.4, -0.2) is 37.6 Å². The Balaban J connectivity index is 1.91. The second kappa shape index (κ2) is 11.7. The molecule has 0 aliphatic carbocycles. The van der Waals surface area contributed by atoms with E-state index in [0.717, 1.165) is 12.1 Å². The van der Waals surface area contributed by atoms with E-state index < -0.39 is 23.0 Å². The third-order valence-electron chi connectivity index (χ3n) is 5.45. The summed E-state index contributed by atoms with van der Waals surface area (Å²) < 4.78 is 50.9. The van der Waals surface area contributed by atoms with Crippen LogP contribution < -0.4 is 25.0 Å². The first kappa shape index (κ1) is 26.6. The minimum Gasteiger partial charge on any atom is -0.494 e. The zero-order chi connectivity index (χ0) is 27.2. The van der Waals surface area contributed by atoms with E-state index in [1.54, 1.807) is 34.9 Å². The fraction of sp³-hybridized carbons (Fsp3) is 0.214. The quantitative estimate of drug-likeness (QED) is 0.283. The number of ether oxygens (including phenoxy) is 4. The molecule has 0 saturated heterocycles. The van der Waals surface area contributed by atoms with Crippen LogP contribution in [0.2, 0.25) is 0 Å². The van der Waals surface area contributed by atoms with Crippen LogP contribution in [0.3, 0.4) is 0 Å². The van der Waals surface area contributed by atoms with Gasteiger partial charge in [-0.05, 0) is 38.1 Å². The highest BCUT2D eigenvalue weighted by Crippen LogP contribution is 2.29. The molecule has 0 fully saturated rings. The molecule has 0 aliphatic rings. The highest BCUT2D eigenvalue weighted by atomic mass is 19.1. The van der Waals surface area contributed by atoms with Crippen LogP contribution in [0.1, 0.15) is 24.2 Å². The van der Waals surface area contributed by atoms with Gasteiger partial charge in [0.05, 0.1) is 24.4 Å². The van der Waals surface area contributed by atoms with Crippen molar-refractivity contribution in [2.75, 3.05) is 32.4 Å². The van der Waals surface area contributed by atoms with Crippen LogP contribution >= 0.6 is 0 Å². The van der Waals surface area contributed by atoms with Crippen molar-refractivity contribution in [3.05, 3.63) is 88.2 Å². The number of amides is 1. The van der Waals surface area contributed by atoms with Crippen molar-refractivity contribution >= 4 is 22.5 Å². The second-order valence-electron chi connectivity index (χ2n) is 8.11. The Bertz CT molecular complexity index is 1490. The zero-order valence-electron chi connectivity index (χ0n) is 21.0. The maximum Gasteiger partial charge on any atom is 0.261 e. The van der Waals surface area contributed by atoms with Gasteiger partial charge in [0.2, 0.25) is 5.43 Å².